The van der Waals surface area contributed by atoms with Gasteiger partial charge in [-0.2, -0.15) is 0 Å². The third-order valence-electron chi connectivity index (χ3n) is 14.3. The zero-order chi connectivity index (χ0) is 60.2. The second-order valence-electron chi connectivity index (χ2n) is 22.6. The van der Waals surface area contributed by atoms with Crippen LogP contribution in [0.5, 0.6) is 0 Å². The molecule has 1 heterocycles. The summed E-state index contributed by atoms with van der Waals surface area (Å²) in [6.07, 6.45) is 28.5. The molecule has 2 N–H and O–H groups in total. The molecule has 1 aliphatic heterocycles. The van der Waals surface area contributed by atoms with E-state index in [0.717, 1.165) is 85.0 Å². The van der Waals surface area contributed by atoms with E-state index in [1.54, 1.807) is 0 Å². The second kappa shape index (κ2) is 46.9. The Kier molecular flexibility index (Phi) is 43.1. The molecule has 0 aromatic carbocycles. The number of carbonyl (C=O) groups is 8. The number of hydrogen-bond donors (Lipinski definition) is 2. The SMILES string of the molecule is CCCCCCCCCCCCCCCCCCCC[C@@H](OC(C)=O)C(=O)N[C@H](CO[C@@H]1O[C@H](COC(C)=O)[C@@H](OC(C)=O)[C@H](OC(C)=O)[C@H]1NC(C)=O)[C@H](OC(C)=O)[C@H](C/C=C/CCCCCCCCCCCC(C)C)OC(C)=O. The quantitative estimate of drug-likeness (QED) is 0.0249. The average Bonchev–Trinajstić information content (AvgIpc) is 3.38. The molecule has 18 nitrogen and oxygen atoms in total. The van der Waals surface area contributed by atoms with E-state index >= 15 is 0 Å². The van der Waals surface area contributed by atoms with Gasteiger partial charge in [0.2, 0.25) is 5.91 Å². The molecule has 468 valence electrons. The molecule has 1 fully saturated rings. The summed E-state index contributed by atoms with van der Waals surface area (Å²) < 4.78 is 46.5. The minimum Gasteiger partial charge on any atom is -0.463 e. The molecule has 1 rings (SSSR count). The molecule has 0 saturated carbocycles. The van der Waals surface area contributed by atoms with Crippen LogP contribution in [0.1, 0.15) is 268 Å². The molecule has 0 unspecified atom stereocenters. The van der Waals surface area contributed by atoms with E-state index in [2.05, 4.69) is 31.4 Å². The minimum absolute atomic E-state index is 0.0604. The fourth-order valence-electron chi connectivity index (χ4n) is 10.3. The van der Waals surface area contributed by atoms with Gasteiger partial charge in [-0.25, -0.2) is 0 Å². The zero-order valence-electron chi connectivity index (χ0n) is 51.8. The van der Waals surface area contributed by atoms with Gasteiger partial charge in [0.25, 0.3) is 5.91 Å². The molecule has 0 radical (unpaired) electrons. The van der Waals surface area contributed by atoms with Crippen molar-refractivity contribution in [1.82, 2.24) is 10.6 Å². The highest BCUT2D eigenvalue weighted by Gasteiger charge is 2.52. The molecular weight excluding hydrogens is 1040 g/mol. The predicted molar refractivity (Wildman–Crippen MR) is 311 cm³/mol. The van der Waals surface area contributed by atoms with Gasteiger partial charge in [0.15, 0.2) is 30.7 Å². The van der Waals surface area contributed by atoms with Gasteiger partial charge in [-0.1, -0.05) is 200 Å². The molecule has 0 aromatic rings. The van der Waals surface area contributed by atoms with Crippen LogP contribution in [0.4, 0.5) is 0 Å². The van der Waals surface area contributed by atoms with Gasteiger partial charge in [0, 0.05) is 54.9 Å². The highest BCUT2D eigenvalue weighted by Crippen LogP contribution is 2.29. The number of hydrogen-bond acceptors (Lipinski definition) is 16. The molecule has 0 bridgehead atoms. The normalized spacial score (nSPS) is 18.5. The first-order valence-corrected chi connectivity index (χ1v) is 31.2. The van der Waals surface area contributed by atoms with Crippen molar-refractivity contribution >= 4 is 47.6 Å². The Labute approximate surface area is 487 Å². The number of nitrogens with one attached hydrogen (secondary N) is 2. The van der Waals surface area contributed by atoms with Crippen LogP contribution in [0.3, 0.4) is 0 Å². The fraction of sp³-hybridized carbons (Fsp3) is 0.841. The molecule has 1 aliphatic rings. The van der Waals surface area contributed by atoms with E-state index in [-0.39, 0.29) is 12.8 Å². The molecule has 0 aliphatic carbocycles. The fourth-order valence-corrected chi connectivity index (χ4v) is 10.3. The standard InChI is InChI=1S/C63H110N2O16/c1-11-12-13-14-15-16-17-18-19-20-21-22-23-28-31-34-37-40-43-56(77-50(7)69)62(73)65-54(44-75-63-58(64-47(4)66)61(80-53(10)72)60(79-52(9)71)57(81-63)45-74-48(5)67)59(78-51(8)70)55(76-49(6)68)42-39-36-33-30-27-25-24-26-29-32-35-38-41-46(2)3/h36,39,46,54-61,63H,11-35,37-38,40-45H2,1-10H3,(H,64,66)(H,65,73)/b39-36+/t54-,55+,56-,57-,58-,59+,60-,61-,63-/m1/s1. The predicted octanol–water partition coefficient (Wildman–Crippen LogP) is 12.3. The number of carbonyl (C=O) groups excluding carboxylic acids is 8. The summed E-state index contributed by atoms with van der Waals surface area (Å²) in [4.78, 5) is 103. The lowest BCUT2D eigenvalue weighted by Gasteiger charge is -2.45. The van der Waals surface area contributed by atoms with E-state index < -0.39 is 116 Å². The zero-order valence-corrected chi connectivity index (χ0v) is 51.8. The van der Waals surface area contributed by atoms with Crippen molar-refractivity contribution < 1.29 is 76.3 Å². The monoisotopic (exact) mass is 1150 g/mol. The van der Waals surface area contributed by atoms with Crippen molar-refractivity contribution in [3.05, 3.63) is 12.2 Å². The van der Waals surface area contributed by atoms with Crippen molar-refractivity contribution in [1.29, 1.82) is 0 Å². The van der Waals surface area contributed by atoms with Crippen molar-refractivity contribution in [3.63, 3.8) is 0 Å². The number of esters is 6. The summed E-state index contributed by atoms with van der Waals surface area (Å²) in [6, 6.07) is -2.74. The van der Waals surface area contributed by atoms with Crippen molar-refractivity contribution in [2.24, 2.45) is 5.92 Å². The van der Waals surface area contributed by atoms with Crippen LogP contribution in [0.15, 0.2) is 12.2 Å². The van der Waals surface area contributed by atoms with Gasteiger partial charge < -0.3 is 48.5 Å². The van der Waals surface area contributed by atoms with Crippen LogP contribution >= 0.6 is 0 Å². The van der Waals surface area contributed by atoms with Gasteiger partial charge in [0.1, 0.15) is 24.9 Å². The Bertz CT molecular complexity index is 1790. The first-order valence-electron chi connectivity index (χ1n) is 31.2. The summed E-state index contributed by atoms with van der Waals surface area (Å²) in [7, 11) is 0. The summed E-state index contributed by atoms with van der Waals surface area (Å²) in [5.41, 5.74) is 0. The van der Waals surface area contributed by atoms with E-state index in [1.165, 1.54) is 149 Å². The Hall–Kier alpha value is -4.58. The van der Waals surface area contributed by atoms with Gasteiger partial charge in [0.05, 0.1) is 12.6 Å². The minimum atomic E-state index is -1.58. The van der Waals surface area contributed by atoms with Crippen molar-refractivity contribution in [2.45, 2.75) is 323 Å². The summed E-state index contributed by atoms with van der Waals surface area (Å²) >= 11 is 0. The molecule has 81 heavy (non-hydrogen) atoms. The van der Waals surface area contributed by atoms with Crippen LogP contribution in [0.2, 0.25) is 0 Å². The van der Waals surface area contributed by atoms with Gasteiger partial charge in [-0.15, -0.1) is 0 Å². The number of rotatable bonds is 48. The van der Waals surface area contributed by atoms with E-state index in [4.69, 9.17) is 37.9 Å². The molecule has 1 saturated heterocycles. The molecule has 9 atom stereocenters. The first kappa shape index (κ1) is 74.4. The van der Waals surface area contributed by atoms with Gasteiger partial charge in [-0.05, 0) is 31.6 Å². The third kappa shape index (κ3) is 38.8. The Balaban J connectivity index is 3.38. The van der Waals surface area contributed by atoms with E-state index in [9.17, 15) is 38.4 Å². The summed E-state index contributed by atoms with van der Waals surface area (Å²) in [5.74, 6) is -5.10. The third-order valence-corrected chi connectivity index (χ3v) is 14.3. The number of amides is 2. The number of ether oxygens (including phenoxy) is 8. The summed E-state index contributed by atoms with van der Waals surface area (Å²) in [6.45, 7) is 13.8. The lowest BCUT2D eigenvalue weighted by atomic mass is 9.95. The van der Waals surface area contributed by atoms with Gasteiger partial charge >= 0.3 is 35.8 Å². The number of unbranched alkanes of at least 4 members (excludes halogenated alkanes) is 26. The van der Waals surface area contributed by atoms with E-state index in [1.807, 2.05) is 12.2 Å². The highest BCUT2D eigenvalue weighted by atomic mass is 16.7. The summed E-state index contributed by atoms with van der Waals surface area (Å²) in [5, 5.41) is 5.52. The first-order chi connectivity index (χ1) is 38.7. The number of allylic oxidation sites excluding steroid dienone is 1. The van der Waals surface area contributed by atoms with Crippen LogP contribution in [-0.2, 0) is 76.3 Å². The lowest BCUT2D eigenvalue weighted by molar-refractivity contribution is -0.280. The smallest absolute Gasteiger partial charge is 0.303 e. The topological polar surface area (TPSA) is 234 Å². The maximum atomic E-state index is 14.5. The highest BCUT2D eigenvalue weighted by molar-refractivity contribution is 5.83. The van der Waals surface area contributed by atoms with Crippen molar-refractivity contribution in [3.8, 4) is 0 Å². The largest absolute Gasteiger partial charge is 0.463 e. The molecule has 0 aromatic heterocycles. The molecule has 2 amide bonds. The molecular formula is C63H110N2O16. The maximum Gasteiger partial charge on any atom is 0.303 e. The Morgan fingerprint density at radius 3 is 1.41 bits per heavy atom. The van der Waals surface area contributed by atoms with Crippen LogP contribution in [0, 0.1) is 5.92 Å². The van der Waals surface area contributed by atoms with Crippen LogP contribution < -0.4 is 10.6 Å². The average molecular weight is 1150 g/mol. The Morgan fingerprint density at radius 1 is 0.506 bits per heavy atom. The Morgan fingerprint density at radius 2 is 0.963 bits per heavy atom. The second-order valence-corrected chi connectivity index (χ2v) is 22.6. The van der Waals surface area contributed by atoms with Crippen molar-refractivity contribution in [2.75, 3.05) is 13.2 Å². The van der Waals surface area contributed by atoms with E-state index in [0.29, 0.717) is 6.42 Å². The lowest BCUT2D eigenvalue weighted by Crippen LogP contribution is -2.67. The van der Waals surface area contributed by atoms with Crippen LogP contribution in [0.25, 0.3) is 0 Å². The van der Waals surface area contributed by atoms with Gasteiger partial charge in [-0.3, -0.25) is 38.4 Å². The van der Waals surface area contributed by atoms with Crippen LogP contribution in [-0.4, -0.2) is 116 Å². The molecule has 0 spiro atoms. The maximum absolute atomic E-state index is 14.5. The molecule has 18 heteroatoms.